The average molecular weight is 621 g/mol. The second kappa shape index (κ2) is 17.9. The van der Waals surface area contributed by atoms with Gasteiger partial charge >= 0.3 is 0 Å². The van der Waals surface area contributed by atoms with E-state index >= 15 is 0 Å². The predicted molar refractivity (Wildman–Crippen MR) is 208 cm³/mol. The fourth-order valence-corrected chi connectivity index (χ4v) is 8.54. The molecule has 0 saturated heterocycles. The molecule has 1 aromatic carbocycles. The summed E-state index contributed by atoms with van der Waals surface area (Å²) in [6.07, 6.45) is 10.7. The Bertz CT molecular complexity index is 850. The second-order valence-electron chi connectivity index (χ2n) is 19.1. The summed E-state index contributed by atoms with van der Waals surface area (Å²) >= 11 is 0. The second-order valence-corrected chi connectivity index (χ2v) is 19.1. The van der Waals surface area contributed by atoms with Gasteiger partial charge in [-0.3, -0.25) is 0 Å². The Balaban J connectivity index is -0.00000200. The van der Waals surface area contributed by atoms with E-state index in [2.05, 4.69) is 129 Å². The van der Waals surface area contributed by atoms with Crippen molar-refractivity contribution in [2.24, 2.45) is 21.7 Å². The van der Waals surface area contributed by atoms with E-state index in [4.69, 9.17) is 0 Å². The van der Waals surface area contributed by atoms with Gasteiger partial charge in [-0.1, -0.05) is 172 Å². The Morgan fingerprint density at radius 2 is 0.773 bits per heavy atom. The van der Waals surface area contributed by atoms with Gasteiger partial charge in [-0.15, -0.1) is 0 Å². The van der Waals surface area contributed by atoms with Gasteiger partial charge in [0.15, 0.2) is 0 Å². The standard InChI is InChI=1S/C39H72O.4CH4/c1-17-18-20-34(5,6)26-36(9,10)28-38(13,14)31-23-30(33(2,3)4)24-32(25-31)39(15,16)29-37(11,12)27-35(7,8)21-19-22-40;;;;/h23-25,40H,17-22,26-29H2,1-16H3;4*1H4. The molecule has 266 valence electrons. The molecule has 0 heterocycles. The van der Waals surface area contributed by atoms with E-state index in [1.807, 2.05) is 0 Å². The molecule has 0 amide bonds. The van der Waals surface area contributed by atoms with Crippen molar-refractivity contribution in [2.45, 2.75) is 215 Å². The number of hydrogen-bond donors (Lipinski definition) is 1. The smallest absolute Gasteiger partial charge is 0.0431 e. The Kier molecular flexibility index (Phi) is 20.4. The number of rotatable bonds is 16. The molecule has 1 rings (SSSR count). The van der Waals surface area contributed by atoms with Crippen molar-refractivity contribution >= 4 is 0 Å². The fourth-order valence-electron chi connectivity index (χ4n) is 8.54. The molecule has 0 aromatic heterocycles. The Morgan fingerprint density at radius 3 is 1.07 bits per heavy atom. The van der Waals surface area contributed by atoms with E-state index < -0.39 is 0 Å². The Hall–Kier alpha value is -0.820. The summed E-state index contributed by atoms with van der Waals surface area (Å²) in [5.74, 6) is 0. The lowest BCUT2D eigenvalue weighted by Crippen LogP contribution is -2.33. The van der Waals surface area contributed by atoms with Crippen molar-refractivity contribution in [1.29, 1.82) is 0 Å². The van der Waals surface area contributed by atoms with Crippen molar-refractivity contribution in [1.82, 2.24) is 0 Å². The molecule has 0 saturated carbocycles. The van der Waals surface area contributed by atoms with Gasteiger partial charge in [0.05, 0.1) is 0 Å². The summed E-state index contributed by atoms with van der Waals surface area (Å²) in [4.78, 5) is 0. The van der Waals surface area contributed by atoms with Crippen molar-refractivity contribution in [2.75, 3.05) is 6.61 Å². The monoisotopic (exact) mass is 621 g/mol. The van der Waals surface area contributed by atoms with E-state index in [0.29, 0.717) is 12.0 Å². The minimum atomic E-state index is 0. The zero-order chi connectivity index (χ0) is 31.4. The van der Waals surface area contributed by atoms with Crippen molar-refractivity contribution < 1.29 is 5.11 Å². The highest BCUT2D eigenvalue weighted by Crippen LogP contribution is 2.48. The molecule has 1 N–H and O–H groups in total. The molecule has 0 fully saturated rings. The van der Waals surface area contributed by atoms with Crippen molar-refractivity contribution in [3.8, 4) is 0 Å². The maximum Gasteiger partial charge on any atom is 0.0431 e. The minimum absolute atomic E-state index is 0. The summed E-state index contributed by atoms with van der Waals surface area (Å²) in [5, 5.41) is 9.41. The third kappa shape index (κ3) is 16.7. The molecule has 0 unspecified atom stereocenters. The lowest BCUT2D eigenvalue weighted by molar-refractivity contribution is 0.135. The third-order valence-corrected chi connectivity index (χ3v) is 9.34. The zero-order valence-electron chi connectivity index (χ0n) is 30.3. The third-order valence-electron chi connectivity index (χ3n) is 9.34. The molecule has 0 bridgehead atoms. The molecule has 0 atom stereocenters. The normalized spacial score (nSPS) is 13.3. The number of aliphatic hydroxyl groups is 1. The molecule has 0 radical (unpaired) electrons. The Labute approximate surface area is 282 Å². The largest absolute Gasteiger partial charge is 0.396 e. The lowest BCUT2D eigenvalue weighted by atomic mass is 9.62. The van der Waals surface area contributed by atoms with E-state index in [1.54, 1.807) is 0 Å². The van der Waals surface area contributed by atoms with E-state index in [1.165, 1.54) is 55.2 Å². The molecule has 0 aliphatic rings. The van der Waals surface area contributed by atoms with Gasteiger partial charge in [0.25, 0.3) is 0 Å². The minimum Gasteiger partial charge on any atom is -0.396 e. The van der Waals surface area contributed by atoms with E-state index in [-0.39, 0.29) is 62.2 Å². The first-order chi connectivity index (χ1) is 17.8. The summed E-state index contributed by atoms with van der Waals surface area (Å²) in [7, 11) is 0. The highest BCUT2D eigenvalue weighted by Gasteiger charge is 2.38. The number of hydrogen-bond acceptors (Lipinski definition) is 1. The first-order valence-electron chi connectivity index (χ1n) is 16.5. The zero-order valence-corrected chi connectivity index (χ0v) is 30.3. The Morgan fingerprint density at radius 1 is 0.455 bits per heavy atom. The average Bonchev–Trinajstić information content (AvgIpc) is 2.72. The first kappa shape index (κ1) is 50.0. The van der Waals surface area contributed by atoms with E-state index in [9.17, 15) is 5.11 Å². The van der Waals surface area contributed by atoms with Crippen molar-refractivity contribution in [3.63, 3.8) is 0 Å². The van der Waals surface area contributed by atoms with Crippen LogP contribution in [-0.4, -0.2) is 11.7 Å². The predicted octanol–water partition coefficient (Wildman–Crippen LogP) is 14.7. The number of aliphatic hydroxyl groups excluding tert-OH is 1. The molecular weight excluding hydrogens is 532 g/mol. The van der Waals surface area contributed by atoms with Gasteiger partial charge in [0.2, 0.25) is 0 Å². The highest BCUT2D eigenvalue weighted by molar-refractivity contribution is 5.41. The van der Waals surface area contributed by atoms with Crippen LogP contribution < -0.4 is 0 Å². The SMILES string of the molecule is C.C.C.C.CCCCC(C)(C)CC(C)(C)CC(C)(C)c1cc(C(C)(C)C)cc(C(C)(C)CC(C)(C)CC(C)(C)CCCO)c1. The van der Waals surface area contributed by atoms with Crippen LogP contribution in [0.4, 0.5) is 0 Å². The van der Waals surface area contributed by atoms with Crippen LogP contribution in [0, 0.1) is 21.7 Å². The molecule has 44 heavy (non-hydrogen) atoms. The van der Waals surface area contributed by atoms with Crippen LogP contribution in [0.1, 0.15) is 215 Å². The van der Waals surface area contributed by atoms with Crippen LogP contribution in [-0.2, 0) is 16.2 Å². The van der Waals surface area contributed by atoms with E-state index in [0.717, 1.165) is 19.3 Å². The highest BCUT2D eigenvalue weighted by atomic mass is 16.2. The van der Waals surface area contributed by atoms with Crippen LogP contribution in [0.25, 0.3) is 0 Å². The van der Waals surface area contributed by atoms with Gasteiger partial charge in [0, 0.05) is 6.61 Å². The van der Waals surface area contributed by atoms with Gasteiger partial charge in [-0.25, -0.2) is 0 Å². The summed E-state index contributed by atoms with van der Waals surface area (Å²) < 4.78 is 0. The van der Waals surface area contributed by atoms with Gasteiger partial charge < -0.3 is 5.11 Å². The van der Waals surface area contributed by atoms with Crippen LogP contribution in [0.15, 0.2) is 18.2 Å². The lowest BCUT2D eigenvalue weighted by Gasteiger charge is -2.42. The van der Waals surface area contributed by atoms with Gasteiger partial charge in [-0.2, -0.15) is 0 Å². The molecule has 1 aromatic rings. The van der Waals surface area contributed by atoms with Crippen LogP contribution in [0.5, 0.6) is 0 Å². The topological polar surface area (TPSA) is 20.2 Å². The quantitative estimate of drug-likeness (QED) is 0.195. The first-order valence-corrected chi connectivity index (χ1v) is 16.5. The van der Waals surface area contributed by atoms with Gasteiger partial charge in [-0.05, 0) is 99.5 Å². The van der Waals surface area contributed by atoms with Crippen LogP contribution in [0.3, 0.4) is 0 Å². The molecule has 0 spiro atoms. The molecule has 1 nitrogen and oxygen atoms in total. The van der Waals surface area contributed by atoms with Crippen LogP contribution >= 0.6 is 0 Å². The van der Waals surface area contributed by atoms with Gasteiger partial charge in [0.1, 0.15) is 0 Å². The van der Waals surface area contributed by atoms with Crippen molar-refractivity contribution in [3.05, 3.63) is 34.9 Å². The summed E-state index contributed by atoms with van der Waals surface area (Å²) in [5.41, 5.74) is 5.83. The van der Waals surface area contributed by atoms with Crippen LogP contribution in [0.2, 0.25) is 0 Å². The fraction of sp³-hybridized carbons (Fsp3) is 0.860. The molecular formula is C43H88O. The maximum atomic E-state index is 9.41. The number of unbranched alkanes of at least 4 members (excludes halogenated alkanes) is 1. The summed E-state index contributed by atoms with van der Waals surface area (Å²) in [6.45, 7) is 39.2. The number of benzene rings is 1. The summed E-state index contributed by atoms with van der Waals surface area (Å²) in [6, 6.07) is 7.62. The maximum absolute atomic E-state index is 9.41. The molecule has 0 aliphatic carbocycles. The molecule has 0 aliphatic heterocycles. The molecule has 1 heteroatoms.